The molecule has 0 spiro atoms. The number of rotatable bonds is 8. The number of benzene rings is 2. The molecule has 1 unspecified atom stereocenters. The zero-order chi connectivity index (χ0) is 21.7. The average molecular weight is 563 g/mol. The Labute approximate surface area is 211 Å². The van der Waals surface area contributed by atoms with E-state index in [0.29, 0.717) is 6.54 Å². The van der Waals surface area contributed by atoms with Gasteiger partial charge in [-0.2, -0.15) is 0 Å². The topological polar surface area (TPSA) is 67.1 Å². The number of halogens is 1. The third kappa shape index (κ3) is 6.48. The van der Waals surface area contributed by atoms with Crippen LogP contribution in [0.5, 0.6) is 0 Å². The number of aromatic nitrogens is 3. The molecule has 1 atom stereocenters. The highest BCUT2D eigenvalue weighted by atomic mass is 127. The summed E-state index contributed by atoms with van der Waals surface area (Å²) in [6, 6.07) is 21.2. The number of hydrogen-bond donors (Lipinski definition) is 2. The van der Waals surface area contributed by atoms with Gasteiger partial charge in [-0.05, 0) is 44.4 Å². The standard InChI is InChI=1S/C24H30N6S.HI/c1-18(20-10-6-4-7-11-20)27-23(25-16-22-29-28-19(2)30(22)3)26-17-24(14-15-24)31-21-12-8-5-9-13-21;/h4-13,18H,14-17H2,1-3H3,(H2,25,26,27);1H. The van der Waals surface area contributed by atoms with E-state index in [1.165, 1.54) is 23.3 Å². The first kappa shape index (κ1) is 24.6. The lowest BCUT2D eigenvalue weighted by atomic mass is 10.1. The van der Waals surface area contributed by atoms with E-state index in [9.17, 15) is 0 Å². The molecule has 0 saturated heterocycles. The Hall–Kier alpha value is -2.07. The number of nitrogens with zero attached hydrogens (tertiary/aromatic N) is 4. The fourth-order valence-electron chi connectivity index (χ4n) is 3.36. The molecule has 1 fully saturated rings. The van der Waals surface area contributed by atoms with Gasteiger partial charge in [0.1, 0.15) is 12.4 Å². The third-order valence-electron chi connectivity index (χ3n) is 5.68. The maximum Gasteiger partial charge on any atom is 0.192 e. The van der Waals surface area contributed by atoms with Gasteiger partial charge in [0.2, 0.25) is 0 Å². The molecule has 0 bridgehead atoms. The van der Waals surface area contributed by atoms with E-state index < -0.39 is 0 Å². The van der Waals surface area contributed by atoms with E-state index >= 15 is 0 Å². The van der Waals surface area contributed by atoms with E-state index in [1.807, 2.05) is 36.4 Å². The minimum Gasteiger partial charge on any atom is -0.355 e. The van der Waals surface area contributed by atoms with Crippen molar-refractivity contribution < 1.29 is 0 Å². The second-order valence-electron chi connectivity index (χ2n) is 8.12. The summed E-state index contributed by atoms with van der Waals surface area (Å²) in [6.07, 6.45) is 2.42. The molecule has 1 saturated carbocycles. The number of guanidine groups is 1. The Balaban J connectivity index is 0.00000289. The summed E-state index contributed by atoms with van der Waals surface area (Å²) >= 11 is 1.96. The van der Waals surface area contributed by atoms with Gasteiger partial charge in [-0.25, -0.2) is 4.99 Å². The van der Waals surface area contributed by atoms with Gasteiger partial charge >= 0.3 is 0 Å². The molecule has 8 heteroatoms. The largest absolute Gasteiger partial charge is 0.355 e. The fourth-order valence-corrected chi connectivity index (χ4v) is 4.60. The van der Waals surface area contributed by atoms with Crippen molar-refractivity contribution in [1.29, 1.82) is 0 Å². The van der Waals surface area contributed by atoms with E-state index in [0.717, 1.165) is 24.2 Å². The molecule has 2 N–H and O–H groups in total. The Morgan fingerprint density at radius 1 is 1.09 bits per heavy atom. The van der Waals surface area contributed by atoms with Crippen molar-refractivity contribution >= 4 is 41.7 Å². The van der Waals surface area contributed by atoms with Crippen molar-refractivity contribution in [3.05, 3.63) is 77.9 Å². The summed E-state index contributed by atoms with van der Waals surface area (Å²) in [5.41, 5.74) is 1.23. The van der Waals surface area contributed by atoms with Gasteiger partial charge in [-0.3, -0.25) is 0 Å². The van der Waals surface area contributed by atoms with Crippen molar-refractivity contribution in [3.63, 3.8) is 0 Å². The SMILES string of the molecule is Cc1nnc(CN=C(NCC2(Sc3ccccc3)CC2)NC(C)c2ccccc2)n1C.I. The van der Waals surface area contributed by atoms with Crippen LogP contribution in [0.2, 0.25) is 0 Å². The second kappa shape index (κ2) is 11.2. The zero-order valence-corrected chi connectivity index (χ0v) is 21.9. The summed E-state index contributed by atoms with van der Waals surface area (Å²) in [4.78, 5) is 6.15. The first-order valence-electron chi connectivity index (χ1n) is 10.7. The van der Waals surface area contributed by atoms with Crippen LogP contribution < -0.4 is 10.6 Å². The van der Waals surface area contributed by atoms with Gasteiger partial charge in [-0.1, -0.05) is 48.5 Å². The average Bonchev–Trinajstić information content (AvgIpc) is 3.49. The summed E-state index contributed by atoms with van der Waals surface area (Å²) in [6.45, 7) is 5.46. The Morgan fingerprint density at radius 3 is 2.34 bits per heavy atom. The van der Waals surface area contributed by atoms with Crippen LogP contribution in [-0.2, 0) is 13.6 Å². The molecule has 1 aliphatic carbocycles. The molecular formula is C24H31IN6S. The van der Waals surface area contributed by atoms with Gasteiger partial charge in [0, 0.05) is 23.2 Å². The second-order valence-corrected chi connectivity index (χ2v) is 9.66. The van der Waals surface area contributed by atoms with Gasteiger partial charge < -0.3 is 15.2 Å². The number of aryl methyl sites for hydroxylation is 1. The molecule has 32 heavy (non-hydrogen) atoms. The molecule has 1 heterocycles. The highest BCUT2D eigenvalue weighted by Crippen LogP contribution is 2.51. The van der Waals surface area contributed by atoms with Crippen LogP contribution in [0, 0.1) is 6.92 Å². The lowest BCUT2D eigenvalue weighted by Gasteiger charge is -2.22. The van der Waals surface area contributed by atoms with Crippen LogP contribution in [0.4, 0.5) is 0 Å². The maximum absolute atomic E-state index is 4.83. The number of nitrogens with one attached hydrogen (secondary N) is 2. The highest BCUT2D eigenvalue weighted by molar-refractivity contribution is 14.0. The molecule has 2 aromatic carbocycles. The van der Waals surface area contributed by atoms with Crippen LogP contribution in [0.25, 0.3) is 0 Å². The zero-order valence-electron chi connectivity index (χ0n) is 18.8. The predicted octanol–water partition coefficient (Wildman–Crippen LogP) is 4.86. The monoisotopic (exact) mass is 562 g/mol. The molecule has 0 aliphatic heterocycles. The van der Waals surface area contributed by atoms with Crippen molar-refractivity contribution in [2.45, 2.75) is 48.9 Å². The smallest absolute Gasteiger partial charge is 0.192 e. The Morgan fingerprint density at radius 2 is 1.75 bits per heavy atom. The fraction of sp³-hybridized carbons (Fsp3) is 0.375. The summed E-state index contributed by atoms with van der Waals surface area (Å²) in [5, 5.41) is 15.6. The maximum atomic E-state index is 4.83. The van der Waals surface area contributed by atoms with Crippen molar-refractivity contribution in [1.82, 2.24) is 25.4 Å². The molecule has 0 radical (unpaired) electrons. The Bertz CT molecular complexity index is 1020. The van der Waals surface area contributed by atoms with Gasteiger partial charge in [0.15, 0.2) is 11.8 Å². The van der Waals surface area contributed by atoms with E-state index in [2.05, 4.69) is 82.4 Å². The van der Waals surface area contributed by atoms with E-state index in [-0.39, 0.29) is 34.8 Å². The lowest BCUT2D eigenvalue weighted by Crippen LogP contribution is -2.42. The molecule has 0 amide bonds. The van der Waals surface area contributed by atoms with E-state index in [4.69, 9.17) is 4.99 Å². The van der Waals surface area contributed by atoms with Crippen molar-refractivity contribution in [2.75, 3.05) is 6.54 Å². The number of hydrogen-bond acceptors (Lipinski definition) is 4. The molecule has 170 valence electrons. The molecular weight excluding hydrogens is 531 g/mol. The van der Waals surface area contributed by atoms with Gasteiger partial charge in [0.05, 0.1) is 6.04 Å². The molecule has 6 nitrogen and oxygen atoms in total. The minimum atomic E-state index is 0. The van der Waals surface area contributed by atoms with Crippen LogP contribution in [0.3, 0.4) is 0 Å². The van der Waals surface area contributed by atoms with Crippen LogP contribution in [-0.4, -0.2) is 32.0 Å². The van der Waals surface area contributed by atoms with Gasteiger partial charge in [-0.15, -0.1) is 45.9 Å². The Kier molecular flexibility index (Phi) is 8.58. The first-order chi connectivity index (χ1) is 15.0. The van der Waals surface area contributed by atoms with Crippen molar-refractivity contribution in [3.8, 4) is 0 Å². The first-order valence-corrected chi connectivity index (χ1v) is 11.6. The normalized spacial score (nSPS) is 15.5. The molecule has 3 aromatic rings. The molecule has 1 aliphatic rings. The quantitative estimate of drug-likeness (QED) is 0.233. The highest BCUT2D eigenvalue weighted by Gasteiger charge is 2.43. The number of thioether (sulfide) groups is 1. The van der Waals surface area contributed by atoms with Crippen LogP contribution in [0.1, 0.15) is 43.0 Å². The molecule has 1 aromatic heterocycles. The summed E-state index contributed by atoms with van der Waals surface area (Å²) in [5.74, 6) is 2.55. The molecule has 4 rings (SSSR count). The minimum absolute atomic E-state index is 0. The summed E-state index contributed by atoms with van der Waals surface area (Å²) in [7, 11) is 1.98. The van der Waals surface area contributed by atoms with Crippen molar-refractivity contribution in [2.24, 2.45) is 12.0 Å². The summed E-state index contributed by atoms with van der Waals surface area (Å²) < 4.78 is 2.22. The number of aliphatic imine (C=N–C) groups is 1. The predicted molar refractivity (Wildman–Crippen MR) is 143 cm³/mol. The van der Waals surface area contributed by atoms with Crippen LogP contribution in [0.15, 0.2) is 70.6 Å². The third-order valence-corrected chi connectivity index (χ3v) is 7.17. The lowest BCUT2D eigenvalue weighted by molar-refractivity contribution is 0.670. The van der Waals surface area contributed by atoms with Gasteiger partial charge in [0.25, 0.3) is 0 Å². The van der Waals surface area contributed by atoms with Crippen LogP contribution >= 0.6 is 35.7 Å². The van der Waals surface area contributed by atoms with E-state index in [1.54, 1.807) is 0 Å².